The molecule has 0 radical (unpaired) electrons. The second-order valence-electron chi connectivity index (χ2n) is 3.48. The van der Waals surface area contributed by atoms with Crippen molar-refractivity contribution >= 4 is 32.4 Å². The van der Waals surface area contributed by atoms with Crippen molar-refractivity contribution in [2.45, 2.75) is 0 Å². The lowest BCUT2D eigenvalue weighted by atomic mass is 10.3. The van der Waals surface area contributed by atoms with Gasteiger partial charge in [0.25, 0.3) is 0 Å². The van der Waals surface area contributed by atoms with Crippen LogP contribution in [-0.2, 0) is 0 Å². The van der Waals surface area contributed by atoms with E-state index in [0.29, 0.717) is 15.3 Å². The maximum absolute atomic E-state index is 13.4. The average molecular weight is 251 g/mol. The van der Waals surface area contributed by atoms with E-state index in [1.54, 1.807) is 12.4 Å². The number of fused-ring (bicyclic) bond motifs is 1. The SMILES string of the molecule is Fc1cc(F)c2sc(Nc3cc[nH]c3)nc2c1. The van der Waals surface area contributed by atoms with Gasteiger partial charge in [-0.05, 0) is 6.07 Å². The second-order valence-corrected chi connectivity index (χ2v) is 4.48. The summed E-state index contributed by atoms with van der Waals surface area (Å²) in [6.45, 7) is 0. The van der Waals surface area contributed by atoms with Crippen LogP contribution in [0.2, 0.25) is 0 Å². The number of anilines is 2. The predicted octanol–water partition coefficient (Wildman–Crippen LogP) is 3.65. The Balaban J connectivity index is 2.05. The summed E-state index contributed by atoms with van der Waals surface area (Å²) in [7, 11) is 0. The minimum atomic E-state index is -0.617. The third-order valence-corrected chi connectivity index (χ3v) is 3.25. The quantitative estimate of drug-likeness (QED) is 0.730. The summed E-state index contributed by atoms with van der Waals surface area (Å²) in [5, 5.41) is 3.54. The molecule has 0 aliphatic rings. The first kappa shape index (κ1) is 10.2. The molecule has 0 bridgehead atoms. The summed E-state index contributed by atoms with van der Waals surface area (Å²) in [6.07, 6.45) is 3.51. The lowest BCUT2D eigenvalue weighted by Crippen LogP contribution is -1.85. The van der Waals surface area contributed by atoms with Crippen LogP contribution in [0.15, 0.2) is 30.6 Å². The summed E-state index contributed by atoms with van der Waals surface area (Å²) >= 11 is 1.15. The molecule has 0 amide bonds. The van der Waals surface area contributed by atoms with Gasteiger partial charge in [0.05, 0.1) is 15.9 Å². The Morgan fingerprint density at radius 1 is 1.29 bits per heavy atom. The summed E-state index contributed by atoms with van der Waals surface area (Å²) < 4.78 is 26.8. The van der Waals surface area contributed by atoms with Gasteiger partial charge in [-0.15, -0.1) is 0 Å². The number of H-pyrrole nitrogens is 1. The first-order valence-electron chi connectivity index (χ1n) is 4.88. The van der Waals surface area contributed by atoms with Crippen LogP contribution >= 0.6 is 11.3 Å². The van der Waals surface area contributed by atoms with Crippen molar-refractivity contribution in [1.29, 1.82) is 0 Å². The highest BCUT2D eigenvalue weighted by Gasteiger charge is 2.10. The zero-order valence-corrected chi connectivity index (χ0v) is 9.31. The summed E-state index contributed by atoms with van der Waals surface area (Å²) in [6, 6.07) is 3.90. The van der Waals surface area contributed by atoms with Crippen LogP contribution in [-0.4, -0.2) is 9.97 Å². The predicted molar refractivity (Wildman–Crippen MR) is 63.6 cm³/mol. The van der Waals surface area contributed by atoms with Crippen molar-refractivity contribution in [3.8, 4) is 0 Å². The molecule has 2 heterocycles. The van der Waals surface area contributed by atoms with Gasteiger partial charge in [0, 0.05) is 24.5 Å². The normalized spacial score (nSPS) is 10.9. The third kappa shape index (κ3) is 1.87. The zero-order valence-electron chi connectivity index (χ0n) is 8.50. The van der Waals surface area contributed by atoms with Crippen molar-refractivity contribution in [3.63, 3.8) is 0 Å². The van der Waals surface area contributed by atoms with Gasteiger partial charge >= 0.3 is 0 Å². The van der Waals surface area contributed by atoms with Crippen molar-refractivity contribution in [1.82, 2.24) is 9.97 Å². The number of thiazole rings is 1. The molecule has 0 saturated carbocycles. The lowest BCUT2D eigenvalue weighted by molar-refractivity contribution is 0.593. The molecule has 0 fully saturated rings. The summed E-state index contributed by atoms with van der Waals surface area (Å²) in [5.41, 5.74) is 1.15. The van der Waals surface area contributed by atoms with Crippen LogP contribution < -0.4 is 5.32 Å². The van der Waals surface area contributed by atoms with Gasteiger partial charge in [-0.1, -0.05) is 11.3 Å². The minimum Gasteiger partial charge on any atom is -0.366 e. The second kappa shape index (κ2) is 3.81. The number of hydrogen-bond donors (Lipinski definition) is 2. The van der Waals surface area contributed by atoms with Crippen molar-refractivity contribution in [2.24, 2.45) is 0 Å². The van der Waals surface area contributed by atoms with E-state index in [1.807, 2.05) is 6.07 Å². The fourth-order valence-electron chi connectivity index (χ4n) is 1.54. The maximum atomic E-state index is 13.4. The molecule has 0 aliphatic carbocycles. The molecule has 3 nitrogen and oxygen atoms in total. The molecule has 17 heavy (non-hydrogen) atoms. The zero-order chi connectivity index (χ0) is 11.8. The molecule has 86 valence electrons. The molecule has 0 spiro atoms. The van der Waals surface area contributed by atoms with Gasteiger partial charge in [0.2, 0.25) is 0 Å². The summed E-state index contributed by atoms with van der Waals surface area (Å²) in [5.74, 6) is -1.20. The number of hydrogen-bond acceptors (Lipinski definition) is 3. The molecule has 0 atom stereocenters. The Bertz CT molecular complexity index is 661. The van der Waals surface area contributed by atoms with E-state index in [2.05, 4.69) is 15.3 Å². The Morgan fingerprint density at radius 3 is 2.94 bits per heavy atom. The van der Waals surface area contributed by atoms with Gasteiger partial charge in [0.15, 0.2) is 5.13 Å². The van der Waals surface area contributed by atoms with Crippen LogP contribution in [0.4, 0.5) is 19.6 Å². The fraction of sp³-hybridized carbons (Fsp3) is 0. The largest absolute Gasteiger partial charge is 0.366 e. The van der Waals surface area contributed by atoms with Gasteiger partial charge in [-0.3, -0.25) is 0 Å². The smallest absolute Gasteiger partial charge is 0.188 e. The first-order chi connectivity index (χ1) is 8.22. The molecule has 6 heteroatoms. The first-order valence-corrected chi connectivity index (χ1v) is 5.69. The topological polar surface area (TPSA) is 40.7 Å². The fourth-order valence-corrected chi connectivity index (χ4v) is 2.41. The Morgan fingerprint density at radius 2 is 2.18 bits per heavy atom. The van der Waals surface area contributed by atoms with E-state index < -0.39 is 11.6 Å². The monoisotopic (exact) mass is 251 g/mol. The van der Waals surface area contributed by atoms with E-state index in [-0.39, 0.29) is 0 Å². The van der Waals surface area contributed by atoms with E-state index in [4.69, 9.17) is 0 Å². The van der Waals surface area contributed by atoms with Crippen LogP contribution in [0.1, 0.15) is 0 Å². The van der Waals surface area contributed by atoms with Crippen molar-refractivity contribution in [2.75, 3.05) is 5.32 Å². The molecule has 0 saturated heterocycles. The molecule has 2 aromatic heterocycles. The molecule has 3 rings (SSSR count). The molecule has 1 aromatic carbocycles. The highest BCUT2D eigenvalue weighted by atomic mass is 32.1. The Labute approximate surface area is 99.1 Å². The van der Waals surface area contributed by atoms with E-state index >= 15 is 0 Å². The van der Waals surface area contributed by atoms with Crippen LogP contribution in [0.25, 0.3) is 10.2 Å². The van der Waals surface area contributed by atoms with Crippen LogP contribution in [0.3, 0.4) is 0 Å². The maximum Gasteiger partial charge on any atom is 0.188 e. The highest BCUT2D eigenvalue weighted by molar-refractivity contribution is 7.22. The van der Waals surface area contributed by atoms with Gasteiger partial charge in [-0.25, -0.2) is 13.8 Å². The van der Waals surface area contributed by atoms with Crippen LogP contribution in [0, 0.1) is 11.6 Å². The number of nitrogens with zero attached hydrogens (tertiary/aromatic N) is 1. The number of nitrogens with one attached hydrogen (secondary N) is 2. The molecular formula is C11H7F2N3S. The van der Waals surface area contributed by atoms with Crippen molar-refractivity contribution < 1.29 is 8.78 Å². The van der Waals surface area contributed by atoms with E-state index in [9.17, 15) is 8.78 Å². The number of aromatic amines is 1. The average Bonchev–Trinajstić information content (AvgIpc) is 2.87. The minimum absolute atomic E-state index is 0.325. The van der Waals surface area contributed by atoms with Gasteiger partial charge in [-0.2, -0.15) is 0 Å². The number of halogens is 2. The Hall–Kier alpha value is -1.95. The molecular weight excluding hydrogens is 244 g/mol. The van der Waals surface area contributed by atoms with Crippen LogP contribution in [0.5, 0.6) is 0 Å². The third-order valence-electron chi connectivity index (χ3n) is 2.26. The summed E-state index contributed by atoms with van der Waals surface area (Å²) in [4.78, 5) is 7.01. The molecule has 0 aliphatic heterocycles. The number of aromatic nitrogens is 2. The van der Waals surface area contributed by atoms with Gasteiger partial charge < -0.3 is 10.3 Å². The highest BCUT2D eigenvalue weighted by Crippen LogP contribution is 2.30. The molecule has 2 N–H and O–H groups in total. The number of benzene rings is 1. The van der Waals surface area contributed by atoms with E-state index in [0.717, 1.165) is 23.1 Å². The molecule has 3 aromatic rings. The lowest BCUT2D eigenvalue weighted by Gasteiger charge is -1.95. The van der Waals surface area contributed by atoms with Gasteiger partial charge in [0.1, 0.15) is 11.6 Å². The Kier molecular flexibility index (Phi) is 2.29. The van der Waals surface area contributed by atoms with Crippen molar-refractivity contribution in [3.05, 3.63) is 42.2 Å². The number of rotatable bonds is 2. The van der Waals surface area contributed by atoms with E-state index in [1.165, 1.54) is 6.07 Å². The standard InChI is InChI=1S/C11H7F2N3S/c12-6-3-8(13)10-9(4-6)16-11(17-10)15-7-1-2-14-5-7/h1-5,14H,(H,15,16). The molecule has 0 unspecified atom stereocenters.